The molecule has 1 aliphatic carbocycles. The van der Waals surface area contributed by atoms with Crippen LogP contribution in [-0.2, 0) is 0 Å². The van der Waals surface area contributed by atoms with Gasteiger partial charge < -0.3 is 15.5 Å². The third-order valence-corrected chi connectivity index (χ3v) is 2.53. The van der Waals surface area contributed by atoms with Crippen LogP contribution in [0.15, 0.2) is 23.0 Å². The van der Waals surface area contributed by atoms with Gasteiger partial charge in [-0.05, 0) is 31.4 Å². The third-order valence-electron chi connectivity index (χ3n) is 2.53. The van der Waals surface area contributed by atoms with Crippen molar-refractivity contribution in [2.75, 3.05) is 13.1 Å². The van der Waals surface area contributed by atoms with Crippen molar-refractivity contribution < 1.29 is 4.42 Å². The van der Waals surface area contributed by atoms with Crippen molar-refractivity contribution in [2.24, 2.45) is 11.7 Å². The Morgan fingerprint density at radius 2 is 2.46 bits per heavy atom. The smallest absolute Gasteiger partial charge is 0.0950 e. The summed E-state index contributed by atoms with van der Waals surface area (Å²) in [4.78, 5) is 0. The first-order chi connectivity index (χ1) is 6.40. The first-order valence-corrected chi connectivity index (χ1v) is 4.85. The van der Waals surface area contributed by atoms with Crippen LogP contribution >= 0.6 is 0 Å². The van der Waals surface area contributed by atoms with Crippen LogP contribution in [0, 0.1) is 5.92 Å². The highest BCUT2D eigenvalue weighted by atomic mass is 16.3. The van der Waals surface area contributed by atoms with E-state index >= 15 is 0 Å². The van der Waals surface area contributed by atoms with Gasteiger partial charge in [-0.25, -0.2) is 0 Å². The monoisotopic (exact) mass is 180 g/mol. The van der Waals surface area contributed by atoms with Gasteiger partial charge in [-0.3, -0.25) is 0 Å². The zero-order valence-corrected chi connectivity index (χ0v) is 7.70. The van der Waals surface area contributed by atoms with Crippen molar-refractivity contribution in [1.82, 2.24) is 5.32 Å². The molecule has 2 rings (SSSR count). The summed E-state index contributed by atoms with van der Waals surface area (Å²) in [6.07, 6.45) is 6.19. The number of nitrogens with one attached hydrogen (secondary N) is 1. The van der Waals surface area contributed by atoms with Crippen molar-refractivity contribution in [1.29, 1.82) is 0 Å². The topological polar surface area (TPSA) is 51.2 Å². The Kier molecular flexibility index (Phi) is 2.66. The van der Waals surface area contributed by atoms with Crippen LogP contribution in [0.3, 0.4) is 0 Å². The summed E-state index contributed by atoms with van der Waals surface area (Å²) < 4.78 is 5.02. The normalized spacial score (nSPS) is 18.8. The van der Waals surface area contributed by atoms with Crippen molar-refractivity contribution in [3.05, 3.63) is 24.2 Å². The van der Waals surface area contributed by atoms with Crippen LogP contribution in [-0.4, -0.2) is 13.1 Å². The number of furan rings is 1. The number of hydrogen-bond acceptors (Lipinski definition) is 3. The lowest BCUT2D eigenvalue weighted by atomic mass is 10.1. The number of nitrogens with two attached hydrogens (primary N) is 1. The fraction of sp³-hybridized carbons (Fsp3) is 0.600. The van der Waals surface area contributed by atoms with E-state index in [1.807, 2.05) is 6.07 Å². The summed E-state index contributed by atoms with van der Waals surface area (Å²) in [5.74, 6) is 0.890. The average Bonchev–Trinajstić information content (AvgIpc) is 2.81. The molecule has 1 aliphatic rings. The molecule has 1 atom stereocenters. The van der Waals surface area contributed by atoms with Gasteiger partial charge >= 0.3 is 0 Å². The van der Waals surface area contributed by atoms with E-state index in [-0.39, 0.29) is 6.04 Å². The quantitative estimate of drug-likeness (QED) is 0.717. The van der Waals surface area contributed by atoms with Gasteiger partial charge in [0.15, 0.2) is 0 Å². The van der Waals surface area contributed by atoms with E-state index in [2.05, 4.69) is 5.32 Å². The SMILES string of the molecule is NCC(NCC1CC1)c1ccoc1. The third kappa shape index (κ3) is 2.32. The second-order valence-electron chi connectivity index (χ2n) is 3.70. The van der Waals surface area contributed by atoms with Crippen LogP contribution in [0.2, 0.25) is 0 Å². The van der Waals surface area contributed by atoms with E-state index in [1.165, 1.54) is 12.8 Å². The maximum Gasteiger partial charge on any atom is 0.0950 e. The molecule has 3 heteroatoms. The van der Waals surface area contributed by atoms with Crippen LogP contribution in [0.5, 0.6) is 0 Å². The Morgan fingerprint density at radius 3 is 3.00 bits per heavy atom. The highest BCUT2D eigenvalue weighted by Crippen LogP contribution is 2.28. The first kappa shape index (κ1) is 8.78. The molecule has 1 unspecified atom stereocenters. The zero-order chi connectivity index (χ0) is 9.10. The summed E-state index contributed by atoms with van der Waals surface area (Å²) in [5, 5.41) is 3.45. The number of rotatable bonds is 5. The van der Waals surface area contributed by atoms with E-state index in [0.717, 1.165) is 18.0 Å². The van der Waals surface area contributed by atoms with E-state index in [0.29, 0.717) is 6.54 Å². The molecular formula is C10H16N2O. The standard InChI is InChI=1S/C10H16N2O/c11-5-10(9-3-4-13-7-9)12-6-8-1-2-8/h3-4,7-8,10,12H,1-2,5-6,11H2. The highest BCUT2D eigenvalue weighted by molar-refractivity contribution is 5.11. The predicted octanol–water partition coefficient (Wildman–Crippen LogP) is 1.28. The Balaban J connectivity index is 1.85. The molecule has 0 amide bonds. The van der Waals surface area contributed by atoms with E-state index in [1.54, 1.807) is 12.5 Å². The van der Waals surface area contributed by atoms with Crippen LogP contribution in [0.25, 0.3) is 0 Å². The van der Waals surface area contributed by atoms with Crippen LogP contribution in [0.4, 0.5) is 0 Å². The molecule has 0 aliphatic heterocycles. The van der Waals surface area contributed by atoms with E-state index in [9.17, 15) is 0 Å². The Labute approximate surface area is 78.3 Å². The van der Waals surface area contributed by atoms with Crippen molar-refractivity contribution >= 4 is 0 Å². The Morgan fingerprint density at radius 1 is 1.62 bits per heavy atom. The Hall–Kier alpha value is -0.800. The molecule has 13 heavy (non-hydrogen) atoms. The largest absolute Gasteiger partial charge is 0.472 e. The molecule has 0 bridgehead atoms. The maximum absolute atomic E-state index is 5.67. The zero-order valence-electron chi connectivity index (χ0n) is 7.70. The van der Waals surface area contributed by atoms with Gasteiger partial charge in [-0.2, -0.15) is 0 Å². The van der Waals surface area contributed by atoms with Crippen molar-refractivity contribution in [3.63, 3.8) is 0 Å². The van der Waals surface area contributed by atoms with Gasteiger partial charge in [-0.1, -0.05) is 0 Å². The van der Waals surface area contributed by atoms with Gasteiger partial charge in [0.05, 0.1) is 12.5 Å². The summed E-state index contributed by atoms with van der Waals surface area (Å²) in [5.41, 5.74) is 6.82. The summed E-state index contributed by atoms with van der Waals surface area (Å²) in [6.45, 7) is 1.72. The first-order valence-electron chi connectivity index (χ1n) is 4.85. The molecule has 0 radical (unpaired) electrons. The molecule has 1 aromatic rings. The molecule has 1 saturated carbocycles. The number of hydrogen-bond donors (Lipinski definition) is 2. The molecule has 1 fully saturated rings. The minimum absolute atomic E-state index is 0.263. The fourth-order valence-electron chi connectivity index (χ4n) is 1.44. The van der Waals surface area contributed by atoms with Gasteiger partial charge in [0.25, 0.3) is 0 Å². The second-order valence-corrected chi connectivity index (χ2v) is 3.70. The highest BCUT2D eigenvalue weighted by Gasteiger charge is 2.22. The van der Waals surface area contributed by atoms with Gasteiger partial charge in [0.1, 0.15) is 0 Å². The average molecular weight is 180 g/mol. The van der Waals surface area contributed by atoms with Crippen molar-refractivity contribution in [2.45, 2.75) is 18.9 Å². The second kappa shape index (κ2) is 3.94. The van der Waals surface area contributed by atoms with E-state index < -0.39 is 0 Å². The molecular weight excluding hydrogens is 164 g/mol. The lowest BCUT2D eigenvalue weighted by Crippen LogP contribution is -2.29. The maximum atomic E-state index is 5.67. The van der Waals surface area contributed by atoms with Gasteiger partial charge in [0.2, 0.25) is 0 Å². The molecule has 72 valence electrons. The van der Waals surface area contributed by atoms with Gasteiger partial charge in [0, 0.05) is 18.2 Å². The molecule has 3 nitrogen and oxygen atoms in total. The molecule has 0 spiro atoms. The van der Waals surface area contributed by atoms with E-state index in [4.69, 9.17) is 10.2 Å². The minimum atomic E-state index is 0.263. The minimum Gasteiger partial charge on any atom is -0.472 e. The molecule has 1 heterocycles. The summed E-state index contributed by atoms with van der Waals surface area (Å²) in [7, 11) is 0. The molecule has 0 aromatic carbocycles. The summed E-state index contributed by atoms with van der Waals surface area (Å²) >= 11 is 0. The fourth-order valence-corrected chi connectivity index (χ4v) is 1.44. The molecule has 0 saturated heterocycles. The van der Waals surface area contributed by atoms with Crippen LogP contribution in [0.1, 0.15) is 24.4 Å². The predicted molar refractivity (Wildman–Crippen MR) is 51.2 cm³/mol. The molecule has 1 aromatic heterocycles. The Bertz CT molecular complexity index is 241. The molecule has 3 N–H and O–H groups in total. The van der Waals surface area contributed by atoms with Crippen molar-refractivity contribution in [3.8, 4) is 0 Å². The lowest BCUT2D eigenvalue weighted by Gasteiger charge is -2.14. The van der Waals surface area contributed by atoms with Crippen LogP contribution < -0.4 is 11.1 Å². The summed E-state index contributed by atoms with van der Waals surface area (Å²) in [6, 6.07) is 2.23. The lowest BCUT2D eigenvalue weighted by molar-refractivity contribution is 0.508. The van der Waals surface area contributed by atoms with Gasteiger partial charge in [-0.15, -0.1) is 0 Å².